The zero-order chi connectivity index (χ0) is 37.4. The highest BCUT2D eigenvalue weighted by molar-refractivity contribution is 8.00. The third-order valence-electron chi connectivity index (χ3n) is 8.11. The number of carbonyl (C=O) groups is 4. The topological polar surface area (TPSA) is 116 Å². The fourth-order valence-electron chi connectivity index (χ4n) is 4.52. The molecule has 1 aliphatic heterocycles. The highest BCUT2D eigenvalue weighted by Gasteiger charge is 2.38. The standard InChI is InChI=1S/C18H32N2O4S.C14H29NO.3C2H6/c1-5-18(6-2,12-21)11-19-15(22)7-8-20-16(23)9-14(17(20)24)25-10-13(3)4;1-5-13(6-2)8-7-11-15-14(16)10-9-12(3)4;3*1-2/h13-14,21H,5-12H2,1-4H3,(H,19,22);12-13H,5-11H2,1-4H3,(H,15,16);3*1-2H3. The van der Waals surface area contributed by atoms with Gasteiger partial charge in [-0.25, -0.2) is 0 Å². The van der Waals surface area contributed by atoms with E-state index in [1.54, 1.807) is 0 Å². The molecule has 0 aromatic heterocycles. The van der Waals surface area contributed by atoms with Gasteiger partial charge in [-0.2, -0.15) is 0 Å². The van der Waals surface area contributed by atoms with Crippen LogP contribution in [0.3, 0.4) is 0 Å². The Hall–Kier alpha value is -1.61. The van der Waals surface area contributed by atoms with Crippen LogP contribution in [0, 0.1) is 23.2 Å². The Labute approximate surface area is 296 Å². The largest absolute Gasteiger partial charge is 0.396 e. The van der Waals surface area contributed by atoms with Crippen LogP contribution in [0.1, 0.15) is 161 Å². The first-order chi connectivity index (χ1) is 22.4. The Bertz CT molecular complexity index is 760. The van der Waals surface area contributed by atoms with E-state index < -0.39 is 0 Å². The molecule has 1 fully saturated rings. The van der Waals surface area contributed by atoms with Gasteiger partial charge in [0, 0.05) is 44.3 Å². The van der Waals surface area contributed by atoms with Gasteiger partial charge in [-0.05, 0) is 55.6 Å². The fourth-order valence-corrected chi connectivity index (χ4v) is 5.66. The van der Waals surface area contributed by atoms with Crippen molar-refractivity contribution in [2.75, 3.05) is 32.0 Å². The van der Waals surface area contributed by atoms with Crippen molar-refractivity contribution in [3.8, 4) is 0 Å². The SMILES string of the molecule is CC.CC.CC.CCC(CC)(CO)CNC(=O)CCN1C(=O)CC(SCC(C)C)C1=O.CCC(CC)CCCNC(=O)CCC(C)C. The van der Waals surface area contributed by atoms with E-state index in [0.717, 1.165) is 43.9 Å². The molecule has 1 rings (SSSR count). The van der Waals surface area contributed by atoms with Crippen molar-refractivity contribution >= 4 is 35.4 Å². The summed E-state index contributed by atoms with van der Waals surface area (Å²) >= 11 is 1.52. The highest BCUT2D eigenvalue weighted by atomic mass is 32.2. The zero-order valence-corrected chi connectivity index (χ0v) is 34.2. The Morgan fingerprint density at radius 3 is 1.83 bits per heavy atom. The second-order valence-electron chi connectivity index (χ2n) is 12.3. The Kier molecular flexibility index (Phi) is 38.1. The van der Waals surface area contributed by atoms with Gasteiger partial charge in [-0.3, -0.25) is 24.1 Å². The van der Waals surface area contributed by atoms with E-state index in [9.17, 15) is 24.3 Å². The minimum absolute atomic E-state index is 0.0259. The van der Waals surface area contributed by atoms with E-state index in [1.165, 1.54) is 35.9 Å². The van der Waals surface area contributed by atoms with Crippen LogP contribution in [-0.4, -0.2) is 70.9 Å². The van der Waals surface area contributed by atoms with Crippen molar-refractivity contribution in [3.05, 3.63) is 0 Å². The molecule has 0 spiro atoms. The van der Waals surface area contributed by atoms with Crippen molar-refractivity contribution in [1.82, 2.24) is 15.5 Å². The minimum atomic E-state index is -0.305. The fraction of sp³-hybridized carbons (Fsp3) is 0.895. The van der Waals surface area contributed by atoms with Gasteiger partial charge < -0.3 is 15.7 Å². The monoisotopic (exact) mass is 690 g/mol. The van der Waals surface area contributed by atoms with Crippen LogP contribution in [0.25, 0.3) is 0 Å². The molecule has 0 aromatic rings. The molecule has 4 amide bonds. The quantitative estimate of drug-likeness (QED) is 0.0871. The molecule has 3 N–H and O–H groups in total. The van der Waals surface area contributed by atoms with E-state index in [1.807, 2.05) is 55.4 Å². The molecular formula is C38H79N3O5S. The number of hydrogen-bond acceptors (Lipinski definition) is 6. The van der Waals surface area contributed by atoms with Gasteiger partial charge in [0.1, 0.15) is 0 Å². The van der Waals surface area contributed by atoms with Crippen LogP contribution >= 0.6 is 11.8 Å². The maximum absolute atomic E-state index is 12.3. The lowest BCUT2D eigenvalue weighted by Crippen LogP contribution is -2.41. The number of amides is 4. The first-order valence-corrected chi connectivity index (χ1v) is 20.0. The summed E-state index contributed by atoms with van der Waals surface area (Å²) in [5.74, 6) is 2.44. The summed E-state index contributed by atoms with van der Waals surface area (Å²) in [4.78, 5) is 49.0. The van der Waals surface area contributed by atoms with E-state index >= 15 is 0 Å². The predicted octanol–water partition coefficient (Wildman–Crippen LogP) is 8.64. The predicted molar refractivity (Wildman–Crippen MR) is 205 cm³/mol. The zero-order valence-electron chi connectivity index (χ0n) is 33.4. The van der Waals surface area contributed by atoms with E-state index in [-0.39, 0.29) is 60.3 Å². The van der Waals surface area contributed by atoms with Gasteiger partial charge in [0.25, 0.3) is 0 Å². The number of hydrogen-bond donors (Lipinski definition) is 3. The molecule has 9 heteroatoms. The summed E-state index contributed by atoms with van der Waals surface area (Å²) in [5, 5.41) is 15.1. The number of thioether (sulfide) groups is 1. The molecule has 0 saturated carbocycles. The number of carbonyl (C=O) groups excluding carboxylic acids is 4. The summed E-state index contributed by atoms with van der Waals surface area (Å²) < 4.78 is 0. The molecule has 0 aromatic carbocycles. The van der Waals surface area contributed by atoms with Gasteiger partial charge in [-0.1, -0.05) is 110 Å². The molecule has 47 heavy (non-hydrogen) atoms. The van der Waals surface area contributed by atoms with Crippen molar-refractivity contribution in [2.24, 2.45) is 23.2 Å². The second-order valence-corrected chi connectivity index (χ2v) is 13.5. The van der Waals surface area contributed by atoms with Gasteiger partial charge in [-0.15, -0.1) is 11.8 Å². The molecule has 282 valence electrons. The minimum Gasteiger partial charge on any atom is -0.396 e. The maximum atomic E-state index is 12.3. The lowest BCUT2D eigenvalue weighted by molar-refractivity contribution is -0.138. The average Bonchev–Trinajstić information content (AvgIpc) is 3.36. The number of likely N-dealkylation sites (tertiary alicyclic amines) is 1. The summed E-state index contributed by atoms with van der Waals surface area (Å²) in [7, 11) is 0. The number of aliphatic hydroxyl groups excluding tert-OH is 1. The van der Waals surface area contributed by atoms with Crippen molar-refractivity contribution in [1.29, 1.82) is 0 Å². The van der Waals surface area contributed by atoms with E-state index in [2.05, 4.69) is 52.2 Å². The summed E-state index contributed by atoms with van der Waals surface area (Å²) in [6.07, 6.45) is 8.47. The molecule has 1 aliphatic rings. The summed E-state index contributed by atoms with van der Waals surface area (Å²) in [6.45, 7) is 30.4. The van der Waals surface area contributed by atoms with E-state index in [4.69, 9.17) is 0 Å². The van der Waals surface area contributed by atoms with Crippen LogP contribution in [0.4, 0.5) is 0 Å². The summed E-state index contributed by atoms with van der Waals surface area (Å²) in [5.41, 5.74) is -0.298. The van der Waals surface area contributed by atoms with E-state index in [0.29, 0.717) is 24.8 Å². The Morgan fingerprint density at radius 1 is 0.851 bits per heavy atom. The van der Waals surface area contributed by atoms with Crippen LogP contribution in [0.15, 0.2) is 0 Å². The van der Waals surface area contributed by atoms with Gasteiger partial charge in [0.2, 0.25) is 23.6 Å². The average molecular weight is 690 g/mol. The first-order valence-electron chi connectivity index (χ1n) is 19.0. The van der Waals surface area contributed by atoms with Gasteiger partial charge in [0.05, 0.1) is 11.9 Å². The number of imide groups is 1. The molecule has 0 radical (unpaired) electrons. The van der Waals surface area contributed by atoms with Crippen LogP contribution in [-0.2, 0) is 19.2 Å². The van der Waals surface area contributed by atoms with Crippen LogP contribution in [0.2, 0.25) is 0 Å². The van der Waals surface area contributed by atoms with Crippen molar-refractivity contribution in [2.45, 2.75) is 166 Å². The molecule has 1 saturated heterocycles. The first kappa shape index (κ1) is 52.2. The molecule has 1 unspecified atom stereocenters. The molecule has 0 aliphatic carbocycles. The smallest absolute Gasteiger partial charge is 0.242 e. The summed E-state index contributed by atoms with van der Waals surface area (Å²) in [6, 6.07) is 0. The molecule has 8 nitrogen and oxygen atoms in total. The highest BCUT2D eigenvalue weighted by Crippen LogP contribution is 2.27. The maximum Gasteiger partial charge on any atom is 0.242 e. The van der Waals surface area contributed by atoms with Gasteiger partial charge in [0.15, 0.2) is 0 Å². The number of aliphatic hydroxyl groups is 1. The second kappa shape index (κ2) is 34.3. The third kappa shape index (κ3) is 26.0. The Morgan fingerprint density at radius 2 is 1.38 bits per heavy atom. The Balaban J connectivity index is -0.000000363. The van der Waals surface area contributed by atoms with Crippen LogP contribution in [0.5, 0.6) is 0 Å². The molecule has 1 atom stereocenters. The molecular weight excluding hydrogens is 611 g/mol. The van der Waals surface area contributed by atoms with Crippen molar-refractivity contribution < 1.29 is 24.3 Å². The van der Waals surface area contributed by atoms with Crippen LogP contribution < -0.4 is 10.6 Å². The lowest BCUT2D eigenvalue weighted by atomic mass is 9.83. The number of nitrogens with one attached hydrogen (secondary N) is 2. The number of nitrogens with zero attached hydrogens (tertiary/aromatic N) is 1. The number of rotatable bonds is 20. The lowest BCUT2D eigenvalue weighted by Gasteiger charge is -2.29. The normalized spacial score (nSPS) is 13.9. The molecule has 1 heterocycles. The third-order valence-corrected chi connectivity index (χ3v) is 9.74. The molecule has 0 bridgehead atoms. The van der Waals surface area contributed by atoms with Crippen molar-refractivity contribution in [3.63, 3.8) is 0 Å². The van der Waals surface area contributed by atoms with Gasteiger partial charge >= 0.3 is 0 Å².